The van der Waals surface area contributed by atoms with E-state index >= 15 is 0 Å². The molecule has 1 N–H and O–H groups in total. The molecule has 0 radical (unpaired) electrons. The number of hydrogen-bond donors (Lipinski definition) is 1. The fourth-order valence-corrected chi connectivity index (χ4v) is 3.81. The Kier molecular flexibility index (Phi) is 2.95. The molecule has 1 unspecified atom stereocenters. The third-order valence-corrected chi connectivity index (χ3v) is 4.99. The number of fused-ring (bicyclic) bond motifs is 3. The Bertz CT molecular complexity index is 1050. The van der Waals surface area contributed by atoms with Gasteiger partial charge in [0.2, 0.25) is 0 Å². The first-order valence-electron chi connectivity index (χ1n) is 8.34. The van der Waals surface area contributed by atoms with Crippen molar-refractivity contribution in [3.63, 3.8) is 0 Å². The minimum atomic E-state index is -0.236. The van der Waals surface area contributed by atoms with E-state index in [0.717, 1.165) is 33.4 Å². The Hall–Kier alpha value is -3.14. The van der Waals surface area contributed by atoms with E-state index in [0.29, 0.717) is 12.2 Å². The smallest absolute Gasteiger partial charge is 0.337 e. The third kappa shape index (κ3) is 2.07. The van der Waals surface area contributed by atoms with Crippen LogP contribution in [-0.2, 0) is 9.53 Å². The molecule has 4 heteroatoms. The van der Waals surface area contributed by atoms with Gasteiger partial charge in [0, 0.05) is 23.2 Å². The lowest BCUT2D eigenvalue weighted by atomic mass is 9.79. The lowest BCUT2D eigenvalue weighted by Gasteiger charge is -2.28. The van der Waals surface area contributed by atoms with Gasteiger partial charge in [-0.15, -0.1) is 0 Å². The molecule has 3 aromatic rings. The second-order valence-corrected chi connectivity index (χ2v) is 6.53. The molecule has 0 bridgehead atoms. The summed E-state index contributed by atoms with van der Waals surface area (Å²) in [6.07, 6.45) is 1.79. The van der Waals surface area contributed by atoms with Crippen LogP contribution in [0, 0.1) is 6.92 Å². The van der Waals surface area contributed by atoms with E-state index < -0.39 is 0 Å². The molecule has 3 heterocycles. The van der Waals surface area contributed by atoms with Crippen molar-refractivity contribution in [2.24, 2.45) is 0 Å². The second kappa shape index (κ2) is 5.18. The predicted molar refractivity (Wildman–Crippen MR) is 96.4 cm³/mol. The summed E-state index contributed by atoms with van der Waals surface area (Å²) in [5, 5.41) is 4.46. The maximum absolute atomic E-state index is 12.5. The van der Waals surface area contributed by atoms with Crippen molar-refractivity contribution in [3.8, 4) is 0 Å². The molecule has 2 aliphatic heterocycles. The summed E-state index contributed by atoms with van der Waals surface area (Å²) in [7, 11) is 0. The van der Waals surface area contributed by atoms with Crippen LogP contribution in [0.1, 0.15) is 22.6 Å². The van der Waals surface area contributed by atoms with Gasteiger partial charge in [-0.25, -0.2) is 4.79 Å². The number of pyridine rings is 1. The van der Waals surface area contributed by atoms with Gasteiger partial charge < -0.3 is 10.1 Å². The summed E-state index contributed by atoms with van der Waals surface area (Å²) in [5.74, 6) is -0.380. The number of aromatic nitrogens is 1. The summed E-state index contributed by atoms with van der Waals surface area (Å²) >= 11 is 0. The van der Waals surface area contributed by atoms with E-state index in [4.69, 9.17) is 4.74 Å². The molecule has 122 valence electrons. The maximum Gasteiger partial charge on any atom is 0.337 e. The summed E-state index contributed by atoms with van der Waals surface area (Å²) < 4.78 is 5.33. The zero-order chi connectivity index (χ0) is 17.0. The van der Waals surface area contributed by atoms with Crippen molar-refractivity contribution in [2.75, 3.05) is 11.9 Å². The Morgan fingerprint density at radius 2 is 1.96 bits per heavy atom. The average molecular weight is 328 g/mol. The van der Waals surface area contributed by atoms with Gasteiger partial charge in [0.05, 0.1) is 16.8 Å². The molecule has 1 aromatic heterocycles. The Labute approximate surface area is 145 Å². The number of nitrogens with zero attached hydrogens (tertiary/aromatic N) is 1. The first kappa shape index (κ1) is 14.2. The van der Waals surface area contributed by atoms with Crippen molar-refractivity contribution in [2.45, 2.75) is 12.8 Å². The normalized spacial score (nSPS) is 18.6. The molecule has 5 rings (SSSR count). The van der Waals surface area contributed by atoms with Crippen molar-refractivity contribution >= 4 is 22.6 Å². The van der Waals surface area contributed by atoms with Crippen LogP contribution in [0.2, 0.25) is 0 Å². The molecule has 0 saturated carbocycles. The largest absolute Gasteiger partial charge is 0.456 e. The number of aryl methyl sites for hydroxylation is 1. The summed E-state index contributed by atoms with van der Waals surface area (Å²) in [6.45, 7) is 2.37. The summed E-state index contributed by atoms with van der Waals surface area (Å²) in [4.78, 5) is 16.9. The Morgan fingerprint density at radius 1 is 1.12 bits per heavy atom. The van der Waals surface area contributed by atoms with E-state index in [1.54, 1.807) is 6.20 Å². The van der Waals surface area contributed by atoms with Crippen molar-refractivity contribution in [1.29, 1.82) is 0 Å². The van der Waals surface area contributed by atoms with Crippen LogP contribution in [-0.4, -0.2) is 17.6 Å². The highest BCUT2D eigenvalue weighted by atomic mass is 16.5. The highest BCUT2D eigenvalue weighted by molar-refractivity contribution is 6.00. The summed E-state index contributed by atoms with van der Waals surface area (Å²) in [5.41, 5.74) is 6.90. The van der Waals surface area contributed by atoms with Gasteiger partial charge in [-0.3, -0.25) is 4.98 Å². The predicted octanol–water partition coefficient (Wildman–Crippen LogP) is 3.91. The van der Waals surface area contributed by atoms with Crippen LogP contribution in [0.4, 0.5) is 5.69 Å². The number of cyclic esters (lactones) is 1. The monoisotopic (exact) mass is 328 g/mol. The molecular weight excluding hydrogens is 312 g/mol. The Morgan fingerprint density at radius 3 is 2.80 bits per heavy atom. The average Bonchev–Trinajstić information content (AvgIpc) is 3.01. The number of carbonyl (C=O) groups is 1. The van der Waals surface area contributed by atoms with Gasteiger partial charge in [-0.05, 0) is 36.2 Å². The second-order valence-electron chi connectivity index (χ2n) is 6.53. The standard InChI is InChI=1S/C21H16N2O2/c1-12-4-6-13(7-5-12)18-19-14-3-2-10-22-15(14)8-9-16(19)23-17-11-25-21(24)20(17)18/h2-10,18,23H,11H2,1H3. The van der Waals surface area contributed by atoms with Crippen LogP contribution in [0.15, 0.2) is 66.0 Å². The molecule has 4 nitrogen and oxygen atoms in total. The minimum absolute atomic E-state index is 0.144. The number of ether oxygens (including phenoxy) is 1. The van der Waals surface area contributed by atoms with E-state index in [1.165, 1.54) is 5.56 Å². The van der Waals surface area contributed by atoms with E-state index in [1.807, 2.05) is 18.2 Å². The number of rotatable bonds is 1. The van der Waals surface area contributed by atoms with Crippen LogP contribution in [0.25, 0.3) is 10.9 Å². The molecule has 1 atom stereocenters. The number of benzene rings is 2. The number of esters is 1. The molecule has 2 aliphatic rings. The van der Waals surface area contributed by atoms with Gasteiger partial charge in [-0.2, -0.15) is 0 Å². The Balaban J connectivity index is 1.83. The van der Waals surface area contributed by atoms with Gasteiger partial charge in [-0.1, -0.05) is 35.9 Å². The molecular formula is C21H16N2O2. The van der Waals surface area contributed by atoms with Crippen LogP contribution >= 0.6 is 0 Å². The van der Waals surface area contributed by atoms with Gasteiger partial charge in [0.25, 0.3) is 0 Å². The van der Waals surface area contributed by atoms with Crippen LogP contribution in [0.5, 0.6) is 0 Å². The van der Waals surface area contributed by atoms with Crippen molar-refractivity contribution in [3.05, 3.63) is 82.7 Å². The SMILES string of the molecule is Cc1ccc(C2C3=C(COC3=O)Nc3ccc4ncccc4c32)cc1. The summed E-state index contributed by atoms with van der Waals surface area (Å²) in [6, 6.07) is 16.4. The molecule has 0 aliphatic carbocycles. The topological polar surface area (TPSA) is 51.2 Å². The number of carbonyl (C=O) groups excluding carboxylic acids is 1. The molecule has 0 spiro atoms. The van der Waals surface area contributed by atoms with E-state index in [9.17, 15) is 4.79 Å². The number of anilines is 1. The minimum Gasteiger partial charge on any atom is -0.456 e. The molecule has 25 heavy (non-hydrogen) atoms. The molecule has 0 fully saturated rings. The molecule has 0 saturated heterocycles. The van der Waals surface area contributed by atoms with Gasteiger partial charge in [0.1, 0.15) is 6.61 Å². The molecule has 0 amide bonds. The number of hydrogen-bond acceptors (Lipinski definition) is 4. The van der Waals surface area contributed by atoms with E-state index in [2.05, 4.69) is 47.6 Å². The lowest BCUT2D eigenvalue weighted by molar-refractivity contribution is -0.136. The fourth-order valence-electron chi connectivity index (χ4n) is 3.81. The first-order chi connectivity index (χ1) is 12.2. The van der Waals surface area contributed by atoms with Crippen molar-refractivity contribution in [1.82, 2.24) is 4.98 Å². The van der Waals surface area contributed by atoms with Crippen LogP contribution in [0.3, 0.4) is 0 Å². The van der Waals surface area contributed by atoms with E-state index in [-0.39, 0.29) is 11.9 Å². The highest BCUT2D eigenvalue weighted by Crippen LogP contribution is 2.46. The first-order valence-corrected chi connectivity index (χ1v) is 8.34. The lowest BCUT2D eigenvalue weighted by Crippen LogP contribution is -2.20. The quantitative estimate of drug-likeness (QED) is 0.688. The van der Waals surface area contributed by atoms with Gasteiger partial charge in [0.15, 0.2) is 0 Å². The van der Waals surface area contributed by atoms with Crippen LogP contribution < -0.4 is 5.32 Å². The van der Waals surface area contributed by atoms with Gasteiger partial charge >= 0.3 is 5.97 Å². The zero-order valence-electron chi connectivity index (χ0n) is 13.7. The zero-order valence-corrected chi connectivity index (χ0v) is 13.7. The third-order valence-electron chi connectivity index (χ3n) is 4.99. The highest BCUT2D eigenvalue weighted by Gasteiger charge is 2.39. The fraction of sp³-hybridized carbons (Fsp3) is 0.143. The van der Waals surface area contributed by atoms with Crippen molar-refractivity contribution < 1.29 is 9.53 Å². The number of nitrogens with one attached hydrogen (secondary N) is 1. The molecule has 2 aromatic carbocycles. The maximum atomic E-state index is 12.5.